The van der Waals surface area contributed by atoms with Gasteiger partial charge in [-0.05, 0) is 18.9 Å². The highest BCUT2D eigenvalue weighted by atomic mass is 16.2. The maximum absolute atomic E-state index is 12.6. The van der Waals surface area contributed by atoms with Crippen molar-refractivity contribution < 1.29 is 4.79 Å². The zero-order chi connectivity index (χ0) is 14.9. The predicted octanol–water partition coefficient (Wildman–Crippen LogP) is 1.94. The maximum Gasteiger partial charge on any atom is 0.242 e. The molecule has 1 saturated heterocycles. The molecule has 1 amide bonds. The van der Waals surface area contributed by atoms with Gasteiger partial charge in [0.1, 0.15) is 17.8 Å². The average Bonchev–Trinajstić information content (AvgIpc) is 3.04. The van der Waals surface area contributed by atoms with Crippen LogP contribution in [0, 0.1) is 0 Å². The molecule has 22 heavy (non-hydrogen) atoms. The van der Waals surface area contributed by atoms with Gasteiger partial charge >= 0.3 is 0 Å². The van der Waals surface area contributed by atoms with Crippen molar-refractivity contribution in [2.24, 2.45) is 0 Å². The van der Waals surface area contributed by atoms with E-state index in [9.17, 15) is 4.79 Å². The van der Waals surface area contributed by atoms with Crippen LogP contribution in [0.5, 0.6) is 0 Å². The molecule has 0 unspecified atom stereocenters. The summed E-state index contributed by atoms with van der Waals surface area (Å²) in [5.74, 6) is 1.10. The van der Waals surface area contributed by atoms with Gasteiger partial charge in [0, 0.05) is 25.3 Å². The zero-order valence-electron chi connectivity index (χ0n) is 12.7. The van der Waals surface area contributed by atoms with Crippen molar-refractivity contribution >= 4 is 22.8 Å². The predicted molar refractivity (Wildman–Crippen MR) is 84.7 cm³/mol. The number of carbonyl (C=O) groups is 1. The summed E-state index contributed by atoms with van der Waals surface area (Å²) in [6.45, 7) is 2.08. The van der Waals surface area contributed by atoms with Crippen LogP contribution in [-0.2, 0) is 4.79 Å². The molecule has 2 aliphatic rings. The van der Waals surface area contributed by atoms with Crippen LogP contribution in [0.1, 0.15) is 32.1 Å². The summed E-state index contributed by atoms with van der Waals surface area (Å²) in [6.07, 6.45) is 9.59. The standard InChI is InChI=1S/C16H21N5O/c22-14-10-20(8-9-21(14)12-4-2-1-3-5-12)16-13-6-7-17-15(13)18-11-19-16/h6-7,11-12H,1-5,8-10H2,(H,17,18,19). The van der Waals surface area contributed by atoms with E-state index in [-0.39, 0.29) is 5.91 Å². The summed E-state index contributed by atoms with van der Waals surface area (Å²) < 4.78 is 0. The van der Waals surface area contributed by atoms with Crippen molar-refractivity contribution in [2.45, 2.75) is 38.1 Å². The number of nitrogens with zero attached hydrogens (tertiary/aromatic N) is 4. The van der Waals surface area contributed by atoms with E-state index in [1.807, 2.05) is 12.3 Å². The number of carbonyl (C=O) groups excluding carboxylic acids is 1. The van der Waals surface area contributed by atoms with Gasteiger partial charge in [0.25, 0.3) is 0 Å². The van der Waals surface area contributed by atoms with E-state index >= 15 is 0 Å². The normalized spacial score (nSPS) is 20.8. The van der Waals surface area contributed by atoms with E-state index in [0.29, 0.717) is 12.6 Å². The van der Waals surface area contributed by atoms with Crippen molar-refractivity contribution in [2.75, 3.05) is 24.5 Å². The molecule has 1 N–H and O–H groups in total. The number of aromatic nitrogens is 3. The Balaban J connectivity index is 1.52. The lowest BCUT2D eigenvalue weighted by Gasteiger charge is -2.41. The molecule has 6 nitrogen and oxygen atoms in total. The van der Waals surface area contributed by atoms with Gasteiger partial charge in [-0.15, -0.1) is 0 Å². The fraction of sp³-hybridized carbons (Fsp3) is 0.562. The molecule has 1 aliphatic carbocycles. The Labute approximate surface area is 129 Å². The van der Waals surface area contributed by atoms with E-state index in [1.54, 1.807) is 6.33 Å². The molecule has 2 aromatic heterocycles. The van der Waals surface area contributed by atoms with Crippen molar-refractivity contribution in [3.8, 4) is 0 Å². The van der Waals surface area contributed by atoms with Gasteiger partial charge in [-0.3, -0.25) is 4.79 Å². The van der Waals surface area contributed by atoms with Gasteiger partial charge in [-0.25, -0.2) is 9.97 Å². The third-order valence-electron chi connectivity index (χ3n) is 4.91. The van der Waals surface area contributed by atoms with Gasteiger partial charge < -0.3 is 14.8 Å². The third kappa shape index (κ3) is 2.32. The van der Waals surface area contributed by atoms with Crippen LogP contribution in [0.25, 0.3) is 11.0 Å². The molecule has 1 saturated carbocycles. The molecule has 1 aliphatic heterocycles. The molecule has 3 heterocycles. The maximum atomic E-state index is 12.6. The van der Waals surface area contributed by atoms with Gasteiger partial charge in [0.2, 0.25) is 5.91 Å². The number of piperazine rings is 1. The van der Waals surface area contributed by atoms with E-state index in [4.69, 9.17) is 0 Å². The van der Waals surface area contributed by atoms with Crippen LogP contribution < -0.4 is 4.90 Å². The Bertz CT molecular complexity index is 676. The molecule has 0 bridgehead atoms. The Morgan fingerprint density at radius 2 is 2.00 bits per heavy atom. The van der Waals surface area contributed by atoms with Crippen LogP contribution >= 0.6 is 0 Å². The van der Waals surface area contributed by atoms with Crippen LogP contribution in [0.4, 0.5) is 5.82 Å². The first-order valence-electron chi connectivity index (χ1n) is 8.15. The van der Waals surface area contributed by atoms with Crippen molar-refractivity contribution in [1.29, 1.82) is 0 Å². The Hall–Kier alpha value is -2.11. The minimum absolute atomic E-state index is 0.237. The first kappa shape index (κ1) is 13.5. The molecule has 6 heteroatoms. The number of nitrogens with one attached hydrogen (secondary N) is 1. The number of fused-ring (bicyclic) bond motifs is 1. The van der Waals surface area contributed by atoms with E-state index < -0.39 is 0 Å². The summed E-state index contributed by atoms with van der Waals surface area (Å²) in [7, 11) is 0. The Kier molecular flexibility index (Phi) is 3.44. The van der Waals surface area contributed by atoms with Crippen molar-refractivity contribution in [3.63, 3.8) is 0 Å². The first-order valence-corrected chi connectivity index (χ1v) is 8.15. The first-order chi connectivity index (χ1) is 10.8. The minimum atomic E-state index is 0.237. The molecular formula is C16H21N5O. The second-order valence-electron chi connectivity index (χ2n) is 6.24. The van der Waals surface area contributed by atoms with Gasteiger partial charge in [-0.2, -0.15) is 0 Å². The van der Waals surface area contributed by atoms with E-state index in [2.05, 4.69) is 24.8 Å². The van der Waals surface area contributed by atoms with Crippen LogP contribution in [0.2, 0.25) is 0 Å². The monoisotopic (exact) mass is 299 g/mol. The number of hydrogen-bond acceptors (Lipinski definition) is 4. The molecule has 0 aromatic carbocycles. The average molecular weight is 299 g/mol. The summed E-state index contributed by atoms with van der Waals surface area (Å²) in [4.78, 5) is 28.5. The number of rotatable bonds is 2. The molecular weight excluding hydrogens is 278 g/mol. The highest BCUT2D eigenvalue weighted by molar-refractivity contribution is 5.90. The number of aromatic amines is 1. The van der Waals surface area contributed by atoms with Crippen LogP contribution in [0.15, 0.2) is 18.6 Å². The molecule has 0 spiro atoms. The Morgan fingerprint density at radius 1 is 1.14 bits per heavy atom. The molecule has 2 aromatic rings. The van der Waals surface area contributed by atoms with Crippen LogP contribution in [0.3, 0.4) is 0 Å². The van der Waals surface area contributed by atoms with Crippen molar-refractivity contribution in [3.05, 3.63) is 18.6 Å². The fourth-order valence-corrected chi connectivity index (χ4v) is 3.76. The smallest absolute Gasteiger partial charge is 0.242 e. The lowest BCUT2D eigenvalue weighted by molar-refractivity contribution is -0.134. The molecule has 0 radical (unpaired) electrons. The molecule has 0 atom stereocenters. The molecule has 2 fully saturated rings. The van der Waals surface area contributed by atoms with Crippen molar-refractivity contribution in [1.82, 2.24) is 19.9 Å². The van der Waals surface area contributed by atoms with Gasteiger partial charge in [-0.1, -0.05) is 19.3 Å². The van der Waals surface area contributed by atoms with E-state index in [0.717, 1.165) is 29.9 Å². The largest absolute Gasteiger partial charge is 0.346 e. The number of amides is 1. The fourth-order valence-electron chi connectivity index (χ4n) is 3.76. The Morgan fingerprint density at radius 3 is 2.82 bits per heavy atom. The zero-order valence-corrected chi connectivity index (χ0v) is 12.7. The number of H-pyrrole nitrogens is 1. The second kappa shape index (κ2) is 5.59. The molecule has 116 valence electrons. The summed E-state index contributed by atoms with van der Waals surface area (Å²) in [5.41, 5.74) is 0.826. The minimum Gasteiger partial charge on any atom is -0.346 e. The third-order valence-corrected chi connectivity index (χ3v) is 4.91. The van der Waals surface area contributed by atoms with E-state index in [1.165, 1.54) is 32.1 Å². The SMILES string of the molecule is O=C1CN(c2ncnc3[nH]ccc23)CCN1C1CCCCC1. The summed E-state index contributed by atoms with van der Waals surface area (Å²) in [6, 6.07) is 2.43. The van der Waals surface area contributed by atoms with Gasteiger partial charge in [0.05, 0.1) is 11.9 Å². The number of anilines is 1. The topological polar surface area (TPSA) is 65.1 Å². The number of hydrogen-bond donors (Lipinski definition) is 1. The highest BCUT2D eigenvalue weighted by Gasteiger charge is 2.31. The van der Waals surface area contributed by atoms with Crippen LogP contribution in [-0.4, -0.2) is 51.4 Å². The second-order valence-corrected chi connectivity index (χ2v) is 6.24. The highest BCUT2D eigenvalue weighted by Crippen LogP contribution is 2.27. The lowest BCUT2D eigenvalue weighted by atomic mass is 9.93. The quantitative estimate of drug-likeness (QED) is 0.920. The molecule has 4 rings (SSSR count). The summed E-state index contributed by atoms with van der Waals surface area (Å²) >= 11 is 0. The van der Waals surface area contributed by atoms with Gasteiger partial charge in [0.15, 0.2) is 0 Å². The summed E-state index contributed by atoms with van der Waals surface area (Å²) in [5, 5.41) is 0.987. The lowest BCUT2D eigenvalue weighted by Crippen LogP contribution is -2.54.